The molecule has 0 radical (unpaired) electrons. The van der Waals surface area contributed by atoms with Gasteiger partial charge in [-0.2, -0.15) is 0 Å². The Morgan fingerprint density at radius 2 is 1.77 bits per heavy atom. The van der Waals surface area contributed by atoms with E-state index in [0.717, 1.165) is 36.2 Å². The van der Waals surface area contributed by atoms with Gasteiger partial charge in [0.15, 0.2) is 0 Å². The summed E-state index contributed by atoms with van der Waals surface area (Å²) in [5, 5.41) is 12.3. The van der Waals surface area contributed by atoms with Crippen molar-refractivity contribution in [2.24, 2.45) is 0 Å². The summed E-state index contributed by atoms with van der Waals surface area (Å²) in [6.45, 7) is 2.12. The third-order valence-electron chi connectivity index (χ3n) is 5.54. The van der Waals surface area contributed by atoms with Crippen LogP contribution >= 0.6 is 0 Å². The summed E-state index contributed by atoms with van der Waals surface area (Å²) < 4.78 is 24.4. The maximum Gasteiger partial charge on any atom is 0.511 e. The van der Waals surface area contributed by atoms with E-state index in [1.807, 2.05) is 48.5 Å². The molecule has 160 valence electrons. The van der Waals surface area contributed by atoms with Gasteiger partial charge < -0.3 is 19.9 Å². The van der Waals surface area contributed by atoms with E-state index < -0.39 is 6.16 Å². The number of halogens is 1. The van der Waals surface area contributed by atoms with Gasteiger partial charge in [-0.1, -0.05) is 54.6 Å². The van der Waals surface area contributed by atoms with Gasteiger partial charge in [0.25, 0.3) is 0 Å². The molecule has 0 spiro atoms. The van der Waals surface area contributed by atoms with E-state index in [1.165, 1.54) is 12.1 Å². The molecule has 5 nitrogen and oxygen atoms in total. The normalized spacial score (nSPS) is 18.5. The van der Waals surface area contributed by atoms with Gasteiger partial charge in [-0.3, -0.25) is 0 Å². The molecule has 3 aromatic carbocycles. The number of benzene rings is 3. The van der Waals surface area contributed by atoms with Crippen molar-refractivity contribution in [2.45, 2.75) is 25.0 Å². The Bertz CT molecular complexity index is 1020. The summed E-state index contributed by atoms with van der Waals surface area (Å²) >= 11 is 0. The minimum Gasteiger partial charge on any atom is -0.449 e. The molecule has 0 aromatic heterocycles. The van der Waals surface area contributed by atoms with Crippen LogP contribution in [0.5, 0.6) is 5.75 Å². The van der Waals surface area contributed by atoms with E-state index >= 15 is 0 Å². The molecule has 3 aromatic rings. The topological polar surface area (TPSA) is 67.8 Å². The summed E-state index contributed by atoms with van der Waals surface area (Å²) in [4.78, 5) is 10.9. The van der Waals surface area contributed by atoms with Crippen molar-refractivity contribution in [1.82, 2.24) is 5.32 Å². The third-order valence-corrected chi connectivity index (χ3v) is 5.54. The highest BCUT2D eigenvalue weighted by molar-refractivity contribution is 5.74. The zero-order valence-corrected chi connectivity index (χ0v) is 17.0. The first-order valence-corrected chi connectivity index (χ1v) is 10.3. The maximum atomic E-state index is 13.3. The van der Waals surface area contributed by atoms with Gasteiger partial charge in [-0.05, 0) is 47.9 Å². The maximum absolute atomic E-state index is 13.3. The molecule has 0 saturated carbocycles. The highest BCUT2D eigenvalue weighted by atomic mass is 19.1. The lowest BCUT2D eigenvalue weighted by Crippen LogP contribution is -2.40. The van der Waals surface area contributed by atoms with Gasteiger partial charge in [0.05, 0.1) is 12.7 Å². The molecule has 2 unspecified atom stereocenters. The monoisotopic (exact) mass is 421 g/mol. The SMILES string of the molecule is O=C(O)Oc1ccccc1-c1ccc(COC2CNCCC2c2ccc(F)cc2)cc1. The Morgan fingerprint density at radius 3 is 2.52 bits per heavy atom. The number of hydrogen-bond acceptors (Lipinski definition) is 4. The zero-order valence-electron chi connectivity index (χ0n) is 17.0. The Morgan fingerprint density at radius 1 is 1.03 bits per heavy atom. The molecule has 2 N–H and O–H groups in total. The molecule has 6 heteroatoms. The van der Waals surface area contributed by atoms with Crippen molar-refractivity contribution >= 4 is 6.16 Å². The second-order valence-electron chi connectivity index (χ2n) is 7.56. The van der Waals surface area contributed by atoms with Crippen LogP contribution in [0.1, 0.15) is 23.5 Å². The van der Waals surface area contributed by atoms with Crippen LogP contribution in [0.3, 0.4) is 0 Å². The third kappa shape index (κ3) is 5.29. The van der Waals surface area contributed by atoms with E-state index in [4.69, 9.17) is 14.6 Å². The molecule has 0 bridgehead atoms. The fourth-order valence-corrected chi connectivity index (χ4v) is 3.97. The predicted molar refractivity (Wildman–Crippen MR) is 116 cm³/mol. The molecular weight excluding hydrogens is 397 g/mol. The smallest absolute Gasteiger partial charge is 0.449 e. The Balaban J connectivity index is 1.43. The van der Waals surface area contributed by atoms with Crippen molar-refractivity contribution in [1.29, 1.82) is 0 Å². The van der Waals surface area contributed by atoms with Crippen LogP contribution < -0.4 is 10.1 Å². The average molecular weight is 421 g/mol. The van der Waals surface area contributed by atoms with Gasteiger partial charge in [-0.25, -0.2) is 9.18 Å². The molecular formula is C25H24FNO4. The summed E-state index contributed by atoms with van der Waals surface area (Å²) in [5.41, 5.74) is 3.69. The lowest BCUT2D eigenvalue weighted by atomic mass is 9.88. The first kappa shape index (κ1) is 21.0. The fourth-order valence-electron chi connectivity index (χ4n) is 3.97. The quantitative estimate of drug-likeness (QED) is 0.422. The van der Waals surface area contributed by atoms with Crippen molar-refractivity contribution in [3.05, 3.63) is 89.7 Å². The second-order valence-corrected chi connectivity index (χ2v) is 7.56. The number of carboxylic acid groups (broad SMARTS) is 1. The molecule has 1 aliphatic rings. The number of para-hydroxylation sites is 1. The van der Waals surface area contributed by atoms with Crippen LogP contribution in [0, 0.1) is 5.82 Å². The van der Waals surface area contributed by atoms with E-state index in [0.29, 0.717) is 17.9 Å². The second kappa shape index (κ2) is 9.73. The number of piperidine rings is 1. The van der Waals surface area contributed by atoms with Crippen LogP contribution in [0.4, 0.5) is 9.18 Å². The first-order valence-electron chi connectivity index (χ1n) is 10.3. The number of hydrogen-bond donors (Lipinski definition) is 2. The van der Waals surface area contributed by atoms with Crippen molar-refractivity contribution in [3.8, 4) is 16.9 Å². The summed E-state index contributed by atoms with van der Waals surface area (Å²) in [5.74, 6) is 0.293. The van der Waals surface area contributed by atoms with Crippen LogP contribution in [-0.4, -0.2) is 30.5 Å². The zero-order chi connectivity index (χ0) is 21.6. The largest absolute Gasteiger partial charge is 0.511 e. The van der Waals surface area contributed by atoms with E-state index in [9.17, 15) is 9.18 Å². The van der Waals surface area contributed by atoms with Gasteiger partial charge in [0, 0.05) is 18.0 Å². The Hall–Kier alpha value is -3.22. The molecule has 1 aliphatic heterocycles. The first-order chi connectivity index (χ1) is 15.1. The number of nitrogens with one attached hydrogen (secondary N) is 1. The van der Waals surface area contributed by atoms with Crippen LogP contribution in [0.2, 0.25) is 0 Å². The minimum absolute atomic E-state index is 0.00332. The molecule has 4 rings (SSSR count). The number of ether oxygens (including phenoxy) is 2. The minimum atomic E-state index is -1.34. The molecule has 1 saturated heterocycles. The lowest BCUT2D eigenvalue weighted by molar-refractivity contribution is 0.0106. The number of carbonyl (C=O) groups is 1. The number of rotatable bonds is 6. The van der Waals surface area contributed by atoms with Crippen LogP contribution in [0.25, 0.3) is 11.1 Å². The van der Waals surface area contributed by atoms with E-state index in [-0.39, 0.29) is 17.8 Å². The van der Waals surface area contributed by atoms with E-state index in [2.05, 4.69) is 5.32 Å². The highest BCUT2D eigenvalue weighted by Gasteiger charge is 2.27. The van der Waals surface area contributed by atoms with Crippen molar-refractivity contribution < 1.29 is 23.8 Å². The summed E-state index contributed by atoms with van der Waals surface area (Å²) in [6.07, 6.45) is -0.395. The average Bonchev–Trinajstić information content (AvgIpc) is 2.79. The summed E-state index contributed by atoms with van der Waals surface area (Å²) in [7, 11) is 0. The molecule has 31 heavy (non-hydrogen) atoms. The molecule has 1 fully saturated rings. The van der Waals surface area contributed by atoms with Crippen molar-refractivity contribution in [2.75, 3.05) is 13.1 Å². The Labute approximate surface area is 180 Å². The standard InChI is InChI=1S/C25H24FNO4/c26-20-11-9-19(10-12-20)22-13-14-27-15-24(22)30-16-17-5-7-18(8-6-17)21-3-1-2-4-23(21)31-25(28)29/h1-12,22,24,27H,13-16H2,(H,28,29). The van der Waals surface area contributed by atoms with Gasteiger partial charge in [-0.15, -0.1) is 0 Å². The Kier molecular flexibility index (Phi) is 6.60. The van der Waals surface area contributed by atoms with Crippen molar-refractivity contribution in [3.63, 3.8) is 0 Å². The van der Waals surface area contributed by atoms with E-state index in [1.54, 1.807) is 12.1 Å². The molecule has 0 amide bonds. The summed E-state index contributed by atoms with van der Waals surface area (Å²) in [6, 6.07) is 21.5. The fraction of sp³-hybridized carbons (Fsp3) is 0.240. The van der Waals surface area contributed by atoms with Crippen LogP contribution in [0.15, 0.2) is 72.8 Å². The van der Waals surface area contributed by atoms with Crippen LogP contribution in [-0.2, 0) is 11.3 Å². The molecule has 1 heterocycles. The lowest BCUT2D eigenvalue weighted by Gasteiger charge is -2.32. The molecule has 2 atom stereocenters. The predicted octanol–water partition coefficient (Wildman–Crippen LogP) is 5.21. The highest BCUT2D eigenvalue weighted by Crippen LogP contribution is 2.31. The molecule has 0 aliphatic carbocycles. The van der Waals surface area contributed by atoms with Gasteiger partial charge in [0.1, 0.15) is 11.6 Å². The van der Waals surface area contributed by atoms with Gasteiger partial charge in [0.2, 0.25) is 0 Å². The van der Waals surface area contributed by atoms with Gasteiger partial charge >= 0.3 is 6.16 Å².